The van der Waals surface area contributed by atoms with Crippen LogP contribution in [0.1, 0.15) is 65.2 Å². The molecule has 0 saturated heterocycles. The number of esters is 2. The van der Waals surface area contributed by atoms with Gasteiger partial charge in [-0.05, 0) is 12.8 Å². The number of aliphatic hydroxyl groups excluding tert-OH is 4. The average molecular weight is 610 g/mol. The molecule has 0 bridgehead atoms. The summed E-state index contributed by atoms with van der Waals surface area (Å²) in [5.41, 5.74) is 0. The Kier molecular flexibility index (Phi) is 15.8. The van der Waals surface area contributed by atoms with Crippen LogP contribution in [0.5, 0.6) is 0 Å². The van der Waals surface area contributed by atoms with Gasteiger partial charge in [-0.25, -0.2) is 9.13 Å². The summed E-state index contributed by atoms with van der Waals surface area (Å²) in [7, 11) is -10.5. The van der Waals surface area contributed by atoms with E-state index in [2.05, 4.69) is 4.52 Å². The summed E-state index contributed by atoms with van der Waals surface area (Å²) < 4.78 is 47.6. The van der Waals surface area contributed by atoms with Crippen LogP contribution < -0.4 is 0 Å². The summed E-state index contributed by atoms with van der Waals surface area (Å²) in [5, 5.41) is 40.5. The maximum Gasteiger partial charge on any atom is 0.472 e. The summed E-state index contributed by atoms with van der Waals surface area (Å²) in [6.45, 7) is 2.57. The van der Waals surface area contributed by atoms with Gasteiger partial charge in [-0.2, -0.15) is 0 Å². The van der Waals surface area contributed by atoms with E-state index in [0.717, 1.165) is 25.7 Å². The molecule has 18 heteroatoms. The fraction of sp³-hybridized carbons (Fsp3) is 0.905. The molecule has 39 heavy (non-hydrogen) atoms. The summed E-state index contributed by atoms with van der Waals surface area (Å²) in [5.74, 6) is -1.25. The third-order valence-corrected chi connectivity index (χ3v) is 7.18. The molecule has 1 saturated carbocycles. The van der Waals surface area contributed by atoms with Crippen molar-refractivity contribution in [3.8, 4) is 0 Å². The van der Waals surface area contributed by atoms with E-state index in [1.54, 1.807) is 0 Å². The minimum atomic E-state index is -5.28. The van der Waals surface area contributed by atoms with E-state index in [0.29, 0.717) is 12.8 Å². The van der Waals surface area contributed by atoms with Crippen molar-refractivity contribution >= 4 is 27.6 Å². The summed E-state index contributed by atoms with van der Waals surface area (Å²) in [6.07, 6.45) is -10.2. The molecule has 0 aromatic heterocycles. The Hall–Kier alpha value is -1.00. The van der Waals surface area contributed by atoms with Crippen molar-refractivity contribution in [2.45, 2.75) is 108 Å². The van der Waals surface area contributed by atoms with Gasteiger partial charge in [-0.1, -0.05) is 39.5 Å². The van der Waals surface area contributed by atoms with Crippen molar-refractivity contribution in [1.82, 2.24) is 0 Å². The monoisotopic (exact) mass is 610 g/mol. The number of phosphoric acid groups is 2. The molecule has 7 N–H and O–H groups in total. The number of carbonyl (C=O) groups is 2. The Labute approximate surface area is 226 Å². The Bertz CT molecular complexity index is 834. The molecule has 0 aromatic carbocycles. The number of hydrogen-bond donors (Lipinski definition) is 7. The molecule has 1 aliphatic rings. The van der Waals surface area contributed by atoms with E-state index in [4.69, 9.17) is 28.3 Å². The van der Waals surface area contributed by atoms with Crippen molar-refractivity contribution in [2.24, 2.45) is 0 Å². The highest BCUT2D eigenvalue weighted by molar-refractivity contribution is 7.47. The number of unbranched alkanes of at least 4 members (excludes halogenated alkanes) is 4. The van der Waals surface area contributed by atoms with Crippen LogP contribution in [0.15, 0.2) is 0 Å². The van der Waals surface area contributed by atoms with Gasteiger partial charge in [0.1, 0.15) is 43.2 Å². The fourth-order valence-electron chi connectivity index (χ4n) is 3.61. The molecule has 230 valence electrons. The van der Waals surface area contributed by atoms with E-state index in [9.17, 15) is 44.0 Å². The van der Waals surface area contributed by atoms with Crippen molar-refractivity contribution in [1.29, 1.82) is 0 Å². The minimum absolute atomic E-state index is 0.0379. The molecule has 16 nitrogen and oxygen atoms in total. The lowest BCUT2D eigenvalue weighted by atomic mass is 9.85. The van der Waals surface area contributed by atoms with Crippen LogP contribution in [0.4, 0.5) is 0 Å². The zero-order valence-corrected chi connectivity index (χ0v) is 23.6. The maximum atomic E-state index is 12.5. The highest BCUT2D eigenvalue weighted by atomic mass is 31.2. The van der Waals surface area contributed by atoms with Gasteiger partial charge in [0.25, 0.3) is 0 Å². The number of carbonyl (C=O) groups excluding carboxylic acids is 2. The third kappa shape index (κ3) is 13.5. The van der Waals surface area contributed by atoms with Gasteiger partial charge in [-0.3, -0.25) is 23.2 Å². The standard InChI is InChI=1S/C21H40O16P2/c1-3-5-7-9-14(22)33-11-13(35-15(23)10-8-6-4-2)12-34-39(31,32)37-21-18(26)16(24)20(17(25)19(21)27)36-38(28,29)30/h13,16-21,24-27H,3-12H2,1-2H3,(H,31,32)(H2,28,29,30)/t13-,16-,17+,18+,19-,20?,21?/m0/s1. The Balaban J connectivity index is 2.84. The lowest BCUT2D eigenvalue weighted by Crippen LogP contribution is -2.64. The lowest BCUT2D eigenvalue weighted by molar-refractivity contribution is -0.216. The fourth-order valence-corrected chi connectivity index (χ4v) is 5.15. The smallest absolute Gasteiger partial charge is 0.462 e. The summed E-state index contributed by atoms with van der Waals surface area (Å²) in [4.78, 5) is 52.0. The summed E-state index contributed by atoms with van der Waals surface area (Å²) >= 11 is 0. The molecule has 0 spiro atoms. The second-order valence-electron chi connectivity index (χ2n) is 9.07. The normalized spacial score (nSPS) is 27.9. The number of phosphoric ester groups is 2. The van der Waals surface area contributed by atoms with E-state index < -0.39 is 83.5 Å². The largest absolute Gasteiger partial charge is 0.472 e. The van der Waals surface area contributed by atoms with Crippen LogP contribution in [0.2, 0.25) is 0 Å². The second-order valence-corrected chi connectivity index (χ2v) is 11.7. The van der Waals surface area contributed by atoms with Crippen LogP contribution >= 0.6 is 15.6 Å². The first-order valence-electron chi connectivity index (χ1n) is 12.6. The zero-order chi connectivity index (χ0) is 29.8. The van der Waals surface area contributed by atoms with Gasteiger partial charge in [0, 0.05) is 12.8 Å². The number of rotatable bonds is 18. The van der Waals surface area contributed by atoms with Crippen LogP contribution in [-0.2, 0) is 41.8 Å². The predicted octanol–water partition coefficient (Wildman–Crippen LogP) is 0.0393. The van der Waals surface area contributed by atoms with Crippen LogP contribution in [0, 0.1) is 0 Å². The molecular formula is C21H40O16P2. The summed E-state index contributed by atoms with van der Waals surface area (Å²) in [6, 6.07) is 0. The van der Waals surface area contributed by atoms with Crippen LogP contribution in [0.25, 0.3) is 0 Å². The molecule has 1 rings (SSSR count). The molecule has 0 radical (unpaired) electrons. The first-order chi connectivity index (χ1) is 18.1. The van der Waals surface area contributed by atoms with Gasteiger partial charge in [0.05, 0.1) is 6.61 Å². The Morgan fingerprint density at radius 2 is 1.18 bits per heavy atom. The van der Waals surface area contributed by atoms with E-state index in [-0.39, 0.29) is 12.8 Å². The first kappa shape index (κ1) is 36.0. The SMILES string of the molecule is CCCCCC(=O)OC[C@@H](COP(=O)(O)OC1[C@@H](O)[C@@H](O)C(OP(=O)(O)O)[C@@H](O)[C@H]1O)OC(=O)CCCCC. The molecule has 3 unspecified atom stereocenters. The van der Waals surface area contributed by atoms with E-state index in [1.807, 2.05) is 13.8 Å². The average Bonchev–Trinajstić information content (AvgIpc) is 2.85. The van der Waals surface area contributed by atoms with E-state index >= 15 is 0 Å². The Morgan fingerprint density at radius 1 is 0.718 bits per heavy atom. The van der Waals surface area contributed by atoms with Crippen LogP contribution in [-0.4, -0.2) is 103 Å². The van der Waals surface area contributed by atoms with Gasteiger partial charge >= 0.3 is 27.6 Å². The molecule has 1 fully saturated rings. The van der Waals surface area contributed by atoms with Crippen molar-refractivity contribution in [3.63, 3.8) is 0 Å². The predicted molar refractivity (Wildman–Crippen MR) is 131 cm³/mol. The molecule has 0 amide bonds. The molecule has 0 aromatic rings. The molecule has 0 heterocycles. The number of aliphatic hydroxyl groups is 4. The molecule has 0 aliphatic heterocycles. The van der Waals surface area contributed by atoms with Gasteiger partial charge < -0.3 is 44.6 Å². The maximum absolute atomic E-state index is 12.5. The van der Waals surface area contributed by atoms with Gasteiger partial charge in [0.15, 0.2) is 6.10 Å². The zero-order valence-electron chi connectivity index (χ0n) is 21.8. The second kappa shape index (κ2) is 17.1. The Morgan fingerprint density at radius 3 is 1.64 bits per heavy atom. The van der Waals surface area contributed by atoms with Gasteiger partial charge in [0.2, 0.25) is 0 Å². The number of ether oxygens (including phenoxy) is 2. The molecule has 1 aliphatic carbocycles. The van der Waals surface area contributed by atoms with Crippen LogP contribution in [0.3, 0.4) is 0 Å². The van der Waals surface area contributed by atoms with E-state index in [1.165, 1.54) is 0 Å². The topological polar surface area (TPSA) is 256 Å². The molecular weight excluding hydrogens is 570 g/mol. The van der Waals surface area contributed by atoms with Crippen molar-refractivity contribution in [2.75, 3.05) is 13.2 Å². The first-order valence-corrected chi connectivity index (χ1v) is 15.6. The highest BCUT2D eigenvalue weighted by Gasteiger charge is 2.54. The van der Waals surface area contributed by atoms with Crippen molar-refractivity contribution < 1.29 is 76.9 Å². The minimum Gasteiger partial charge on any atom is -0.462 e. The van der Waals surface area contributed by atoms with Gasteiger partial charge in [-0.15, -0.1) is 0 Å². The quantitative estimate of drug-likeness (QED) is 0.0614. The van der Waals surface area contributed by atoms with Crippen molar-refractivity contribution in [3.05, 3.63) is 0 Å². The molecule has 8 atom stereocenters. The highest BCUT2D eigenvalue weighted by Crippen LogP contribution is 2.48. The third-order valence-electron chi connectivity index (χ3n) is 5.68. The lowest BCUT2D eigenvalue weighted by Gasteiger charge is -2.43. The number of hydrogen-bond acceptors (Lipinski definition) is 13.